The van der Waals surface area contributed by atoms with Crippen molar-refractivity contribution in [1.82, 2.24) is 4.57 Å². The zero-order chi connectivity index (χ0) is 27.6. The lowest BCUT2D eigenvalue weighted by molar-refractivity contribution is -0.239. The van der Waals surface area contributed by atoms with Gasteiger partial charge in [0, 0.05) is 42.8 Å². The summed E-state index contributed by atoms with van der Waals surface area (Å²) in [4.78, 5) is 36.9. The summed E-state index contributed by atoms with van der Waals surface area (Å²) in [6, 6.07) is 12.8. The van der Waals surface area contributed by atoms with Crippen molar-refractivity contribution in [2.45, 2.75) is 56.3 Å². The van der Waals surface area contributed by atoms with Crippen molar-refractivity contribution < 1.29 is 38.4 Å². The Balaban J connectivity index is 1.83. The SMILES string of the molecule is CSc1ccc(C(O)c2cn([C@@H]3OC[C@@H](OC(C)=O)[C@H](OC(C)=O)[C@H]3OC(C)=O)c3cccc(Cl)c23)cc1. The molecule has 1 aromatic heterocycles. The van der Waals surface area contributed by atoms with Crippen LogP contribution < -0.4 is 0 Å². The van der Waals surface area contributed by atoms with Gasteiger partial charge in [0.25, 0.3) is 0 Å². The maximum absolute atomic E-state index is 12.1. The van der Waals surface area contributed by atoms with E-state index in [0.29, 0.717) is 27.1 Å². The number of carbonyl (C=O) groups excluding carboxylic acids is 3. The number of thioether (sulfide) groups is 1. The number of aliphatic hydroxyl groups excluding tert-OH is 1. The van der Waals surface area contributed by atoms with Gasteiger partial charge in [-0.2, -0.15) is 0 Å². The molecule has 0 spiro atoms. The van der Waals surface area contributed by atoms with E-state index in [1.54, 1.807) is 40.7 Å². The van der Waals surface area contributed by atoms with Crippen LogP contribution >= 0.6 is 23.4 Å². The number of aliphatic hydroxyl groups is 1. The number of fused-ring (bicyclic) bond motifs is 1. The lowest BCUT2D eigenvalue weighted by Crippen LogP contribution is -2.55. The Morgan fingerprint density at radius 3 is 2.24 bits per heavy atom. The van der Waals surface area contributed by atoms with Crippen molar-refractivity contribution in [3.63, 3.8) is 0 Å². The highest BCUT2D eigenvalue weighted by Crippen LogP contribution is 2.40. The summed E-state index contributed by atoms with van der Waals surface area (Å²) >= 11 is 8.21. The first-order valence-electron chi connectivity index (χ1n) is 11.8. The molecule has 0 aliphatic carbocycles. The van der Waals surface area contributed by atoms with E-state index in [-0.39, 0.29) is 6.61 Å². The Morgan fingerprint density at radius 1 is 1.00 bits per heavy atom. The predicted molar refractivity (Wildman–Crippen MR) is 141 cm³/mol. The zero-order valence-corrected chi connectivity index (χ0v) is 22.8. The molecule has 1 aliphatic heterocycles. The van der Waals surface area contributed by atoms with Gasteiger partial charge >= 0.3 is 17.9 Å². The Labute approximate surface area is 228 Å². The van der Waals surface area contributed by atoms with E-state index < -0.39 is 48.6 Å². The molecule has 4 rings (SSSR count). The summed E-state index contributed by atoms with van der Waals surface area (Å²) in [6.45, 7) is 3.52. The molecule has 202 valence electrons. The van der Waals surface area contributed by atoms with E-state index in [4.69, 9.17) is 30.5 Å². The molecule has 3 aromatic rings. The van der Waals surface area contributed by atoms with Gasteiger partial charge in [-0.25, -0.2) is 0 Å². The Kier molecular flexibility index (Phi) is 8.67. The lowest BCUT2D eigenvalue weighted by atomic mass is 10.0. The standard InChI is InChI=1S/C27H28ClNO8S/c1-14(30)35-22-13-34-27(26(37-16(3)32)25(22)36-15(2)31)29-12-19(23-20(28)6-5-7-21(23)29)24(33)17-8-10-18(38-4)11-9-17/h5-12,22,24-27,33H,13H2,1-4H3/t22-,24?,25+,26-,27-/m1/s1. The van der Waals surface area contributed by atoms with E-state index in [0.717, 1.165) is 4.90 Å². The third kappa shape index (κ3) is 5.83. The van der Waals surface area contributed by atoms with Crippen molar-refractivity contribution in [2.75, 3.05) is 12.9 Å². The van der Waals surface area contributed by atoms with Gasteiger partial charge in [-0.15, -0.1) is 11.8 Å². The van der Waals surface area contributed by atoms with Crippen molar-refractivity contribution in [3.8, 4) is 0 Å². The fourth-order valence-corrected chi connectivity index (χ4v) is 5.33. The Bertz CT molecular complexity index is 1340. The quantitative estimate of drug-likeness (QED) is 0.254. The van der Waals surface area contributed by atoms with Gasteiger partial charge in [0.2, 0.25) is 0 Å². The molecule has 0 amide bonds. The van der Waals surface area contributed by atoms with Crippen LogP contribution in [0.5, 0.6) is 0 Å². The number of benzene rings is 2. The lowest BCUT2D eigenvalue weighted by Gasteiger charge is -2.41. The Hall–Kier alpha value is -3.05. The molecule has 1 N–H and O–H groups in total. The second-order valence-electron chi connectivity index (χ2n) is 8.82. The second-order valence-corrected chi connectivity index (χ2v) is 10.1. The molecule has 1 unspecified atom stereocenters. The van der Waals surface area contributed by atoms with Crippen LogP contribution in [0.15, 0.2) is 53.6 Å². The van der Waals surface area contributed by atoms with Crippen LogP contribution in [0.4, 0.5) is 0 Å². The molecular formula is C27H28ClNO8S. The van der Waals surface area contributed by atoms with E-state index in [2.05, 4.69) is 0 Å². The summed E-state index contributed by atoms with van der Waals surface area (Å²) in [5, 5.41) is 12.4. The largest absolute Gasteiger partial charge is 0.456 e. The normalized spacial score (nSPS) is 22.1. The van der Waals surface area contributed by atoms with Crippen molar-refractivity contribution in [2.24, 2.45) is 0 Å². The van der Waals surface area contributed by atoms with Gasteiger partial charge in [-0.05, 0) is 36.1 Å². The minimum absolute atomic E-state index is 0.131. The minimum Gasteiger partial charge on any atom is -0.456 e. The van der Waals surface area contributed by atoms with Crippen LogP contribution in [0.25, 0.3) is 10.9 Å². The van der Waals surface area contributed by atoms with Crippen LogP contribution in [0.3, 0.4) is 0 Å². The topological polar surface area (TPSA) is 113 Å². The van der Waals surface area contributed by atoms with E-state index in [9.17, 15) is 19.5 Å². The van der Waals surface area contributed by atoms with Crippen LogP contribution in [-0.2, 0) is 33.3 Å². The first-order valence-corrected chi connectivity index (χ1v) is 13.4. The highest BCUT2D eigenvalue weighted by Gasteiger charge is 2.48. The first-order chi connectivity index (χ1) is 18.1. The Morgan fingerprint density at radius 2 is 1.63 bits per heavy atom. The molecule has 0 radical (unpaired) electrons. The van der Waals surface area contributed by atoms with Gasteiger partial charge in [-0.1, -0.05) is 29.8 Å². The number of nitrogens with zero attached hydrogens (tertiary/aromatic N) is 1. The molecule has 0 saturated carbocycles. The monoisotopic (exact) mass is 561 g/mol. The van der Waals surface area contributed by atoms with Gasteiger partial charge < -0.3 is 28.6 Å². The number of rotatable bonds is 7. The summed E-state index contributed by atoms with van der Waals surface area (Å²) in [6.07, 6.45) is -1.67. The summed E-state index contributed by atoms with van der Waals surface area (Å²) in [5.41, 5.74) is 1.77. The molecule has 2 aromatic carbocycles. The average Bonchev–Trinajstić information content (AvgIpc) is 3.25. The number of esters is 3. The summed E-state index contributed by atoms with van der Waals surface area (Å²) in [7, 11) is 0. The van der Waals surface area contributed by atoms with Gasteiger partial charge in [0.1, 0.15) is 6.10 Å². The molecule has 1 saturated heterocycles. The maximum atomic E-state index is 12.1. The van der Waals surface area contributed by atoms with Crippen LogP contribution in [0.1, 0.15) is 44.2 Å². The minimum atomic E-state index is -1.17. The number of carbonyl (C=O) groups is 3. The molecule has 9 nitrogen and oxygen atoms in total. The molecule has 1 aliphatic rings. The predicted octanol–water partition coefficient (Wildman–Crippen LogP) is 4.42. The number of ether oxygens (including phenoxy) is 4. The van der Waals surface area contributed by atoms with E-state index >= 15 is 0 Å². The van der Waals surface area contributed by atoms with Crippen LogP contribution in [-0.4, -0.2) is 58.8 Å². The number of hydrogen-bond donors (Lipinski definition) is 1. The number of halogens is 1. The first kappa shape index (κ1) is 28.0. The van der Waals surface area contributed by atoms with E-state index in [1.165, 1.54) is 20.8 Å². The molecular weight excluding hydrogens is 534 g/mol. The highest BCUT2D eigenvalue weighted by atomic mass is 35.5. The molecule has 5 atom stereocenters. The smallest absolute Gasteiger partial charge is 0.303 e. The maximum Gasteiger partial charge on any atom is 0.303 e. The molecule has 11 heteroatoms. The van der Waals surface area contributed by atoms with Crippen LogP contribution in [0, 0.1) is 0 Å². The van der Waals surface area contributed by atoms with Crippen LogP contribution in [0.2, 0.25) is 5.02 Å². The van der Waals surface area contributed by atoms with Gasteiger partial charge in [0.05, 0.1) is 17.1 Å². The van der Waals surface area contributed by atoms with Crippen molar-refractivity contribution >= 4 is 52.2 Å². The van der Waals surface area contributed by atoms with Crippen molar-refractivity contribution in [3.05, 3.63) is 64.8 Å². The third-order valence-corrected chi connectivity index (χ3v) is 7.22. The molecule has 0 bridgehead atoms. The molecule has 1 fully saturated rings. The fraction of sp³-hybridized carbons (Fsp3) is 0.370. The van der Waals surface area contributed by atoms with E-state index in [1.807, 2.05) is 30.5 Å². The van der Waals surface area contributed by atoms with Crippen molar-refractivity contribution in [1.29, 1.82) is 0 Å². The highest BCUT2D eigenvalue weighted by molar-refractivity contribution is 7.98. The fourth-order valence-electron chi connectivity index (χ4n) is 4.64. The molecule has 2 heterocycles. The average molecular weight is 562 g/mol. The number of aromatic nitrogens is 1. The van der Waals surface area contributed by atoms with Gasteiger partial charge in [0.15, 0.2) is 24.5 Å². The zero-order valence-electron chi connectivity index (χ0n) is 21.3. The number of hydrogen-bond acceptors (Lipinski definition) is 9. The third-order valence-electron chi connectivity index (χ3n) is 6.16. The van der Waals surface area contributed by atoms with Gasteiger partial charge in [-0.3, -0.25) is 14.4 Å². The second kappa shape index (κ2) is 11.8. The molecule has 38 heavy (non-hydrogen) atoms. The summed E-state index contributed by atoms with van der Waals surface area (Å²) < 4.78 is 24.2. The summed E-state index contributed by atoms with van der Waals surface area (Å²) in [5.74, 6) is -1.89.